The van der Waals surface area contributed by atoms with Crippen LogP contribution >= 0.6 is 0 Å². The van der Waals surface area contributed by atoms with Gasteiger partial charge in [-0.25, -0.2) is 0 Å². The number of carboxylic acids is 1. The molecule has 3 N–H and O–H groups in total. The number of hydrogen-bond acceptors (Lipinski definition) is 4. The number of hydrogen-bond donors (Lipinski definition) is 3. The third-order valence-corrected chi connectivity index (χ3v) is 1.89. The molecule has 0 saturated carbocycles. The van der Waals surface area contributed by atoms with Crippen LogP contribution in [0.5, 0.6) is 0 Å². The van der Waals surface area contributed by atoms with E-state index >= 15 is 0 Å². The SMILES string of the molecule is O=C(O)C=BC1CC(O)C(CO)O1. The molecule has 3 unspecified atom stereocenters. The van der Waals surface area contributed by atoms with Gasteiger partial charge in [-0.15, -0.1) is 0 Å². The van der Waals surface area contributed by atoms with Gasteiger partial charge < -0.3 is 0 Å². The second-order valence-corrected chi connectivity index (χ2v) is 2.90. The molecule has 0 spiro atoms. The van der Waals surface area contributed by atoms with Crippen molar-refractivity contribution in [3.63, 3.8) is 0 Å². The third kappa shape index (κ3) is 2.91. The molecule has 1 fully saturated rings. The summed E-state index contributed by atoms with van der Waals surface area (Å²) in [5.41, 5.74) is 0. The fraction of sp³-hybridized carbons (Fsp3) is 0.714. The summed E-state index contributed by atoms with van der Waals surface area (Å²) in [4.78, 5) is 10.1. The summed E-state index contributed by atoms with van der Waals surface area (Å²) < 4.78 is 5.12. The zero-order valence-corrected chi connectivity index (χ0v) is 6.96. The van der Waals surface area contributed by atoms with E-state index in [-0.39, 0.29) is 6.61 Å². The van der Waals surface area contributed by atoms with Gasteiger partial charge in [0, 0.05) is 0 Å². The van der Waals surface area contributed by atoms with Gasteiger partial charge in [0.15, 0.2) is 0 Å². The normalized spacial score (nSPS) is 33.5. The van der Waals surface area contributed by atoms with Crippen LogP contribution in [0.4, 0.5) is 0 Å². The molecule has 13 heavy (non-hydrogen) atoms. The summed E-state index contributed by atoms with van der Waals surface area (Å²) in [6.45, 7) is 1.11. The summed E-state index contributed by atoms with van der Waals surface area (Å²) in [7, 11) is 0. The maximum absolute atomic E-state index is 10.1. The number of ether oxygens (including phenoxy) is 1. The molecule has 1 saturated heterocycles. The Bertz CT molecular complexity index is 217. The van der Waals surface area contributed by atoms with Gasteiger partial charge in [-0.05, 0) is 0 Å². The van der Waals surface area contributed by atoms with Crippen molar-refractivity contribution in [3.8, 4) is 0 Å². The van der Waals surface area contributed by atoms with Crippen LogP contribution in [-0.2, 0) is 9.53 Å². The number of rotatable bonds is 3. The molecule has 0 aromatic carbocycles. The van der Waals surface area contributed by atoms with Crippen molar-refractivity contribution in [1.29, 1.82) is 0 Å². The quantitative estimate of drug-likeness (QED) is 0.445. The minimum atomic E-state index is -1.05. The van der Waals surface area contributed by atoms with E-state index in [2.05, 4.69) is 0 Å². The van der Waals surface area contributed by atoms with E-state index in [0.29, 0.717) is 6.42 Å². The Hall–Kier alpha value is -0.715. The van der Waals surface area contributed by atoms with Crippen molar-refractivity contribution in [3.05, 3.63) is 0 Å². The van der Waals surface area contributed by atoms with Crippen LogP contribution in [0.15, 0.2) is 0 Å². The van der Waals surface area contributed by atoms with Gasteiger partial charge in [-0.2, -0.15) is 0 Å². The van der Waals surface area contributed by atoms with E-state index in [0.717, 1.165) is 5.97 Å². The van der Waals surface area contributed by atoms with E-state index in [1.54, 1.807) is 0 Å². The van der Waals surface area contributed by atoms with Gasteiger partial charge in [-0.1, -0.05) is 0 Å². The van der Waals surface area contributed by atoms with E-state index in [9.17, 15) is 9.90 Å². The third-order valence-electron chi connectivity index (χ3n) is 1.89. The molecule has 0 radical (unpaired) electrons. The summed E-state index contributed by atoms with van der Waals surface area (Å²) in [5, 5.41) is 26.3. The van der Waals surface area contributed by atoms with Crippen LogP contribution in [0.3, 0.4) is 0 Å². The summed E-state index contributed by atoms with van der Waals surface area (Å²) in [6.07, 6.45) is -0.980. The van der Waals surface area contributed by atoms with E-state index in [1.165, 1.54) is 6.92 Å². The van der Waals surface area contributed by atoms with E-state index < -0.39 is 24.2 Å². The zero-order chi connectivity index (χ0) is 9.84. The Kier molecular flexibility index (Phi) is 3.59. The van der Waals surface area contributed by atoms with Crippen LogP contribution in [0.25, 0.3) is 0 Å². The van der Waals surface area contributed by atoms with Crippen LogP contribution in [0, 0.1) is 0 Å². The van der Waals surface area contributed by atoms with Crippen molar-refractivity contribution >= 4 is 18.9 Å². The first-order chi connectivity index (χ1) is 6.13. The predicted octanol–water partition coefficient (Wildman–Crippen LogP) is -1.95. The van der Waals surface area contributed by atoms with E-state index in [4.69, 9.17) is 14.9 Å². The van der Waals surface area contributed by atoms with Gasteiger partial charge in [0.2, 0.25) is 0 Å². The van der Waals surface area contributed by atoms with Crippen molar-refractivity contribution in [2.75, 3.05) is 6.61 Å². The number of carbonyl (C=O) groups is 1. The molecular formula is C7H11BO5. The molecule has 0 aromatic heterocycles. The maximum atomic E-state index is 10.1. The Morgan fingerprint density at radius 3 is 2.85 bits per heavy atom. The summed E-state index contributed by atoms with van der Waals surface area (Å²) >= 11 is 0. The molecule has 3 atom stereocenters. The van der Waals surface area contributed by atoms with Crippen LogP contribution < -0.4 is 0 Å². The van der Waals surface area contributed by atoms with Crippen molar-refractivity contribution < 1.29 is 24.9 Å². The fourth-order valence-electron chi connectivity index (χ4n) is 1.24. The number of aliphatic hydroxyl groups is 2. The van der Waals surface area contributed by atoms with Gasteiger partial charge in [0.1, 0.15) is 0 Å². The van der Waals surface area contributed by atoms with E-state index in [1.807, 2.05) is 0 Å². The molecule has 1 rings (SSSR count). The summed E-state index contributed by atoms with van der Waals surface area (Å²) in [5.74, 6) is -0.0810. The second-order valence-electron chi connectivity index (χ2n) is 2.90. The number of aliphatic hydroxyl groups excluding tert-OH is 2. The molecule has 0 aromatic rings. The van der Waals surface area contributed by atoms with Crippen LogP contribution in [0.2, 0.25) is 0 Å². The molecule has 1 heterocycles. The van der Waals surface area contributed by atoms with Gasteiger partial charge in [0.05, 0.1) is 0 Å². The number of carboxylic acid groups (broad SMARTS) is 1. The zero-order valence-electron chi connectivity index (χ0n) is 6.96. The number of aliphatic carboxylic acids is 1. The fourth-order valence-corrected chi connectivity index (χ4v) is 1.24. The molecule has 1 aliphatic heterocycles. The minimum absolute atomic E-state index is 0.251. The molecule has 6 heteroatoms. The molecule has 0 amide bonds. The Labute approximate surface area is 75.9 Å². The van der Waals surface area contributed by atoms with Crippen LogP contribution in [-0.4, -0.2) is 59.0 Å². The average molecular weight is 186 g/mol. The average Bonchev–Trinajstić information content (AvgIpc) is 2.43. The molecule has 72 valence electrons. The van der Waals surface area contributed by atoms with Crippen LogP contribution in [0.1, 0.15) is 6.42 Å². The first-order valence-corrected chi connectivity index (χ1v) is 3.99. The Balaban J connectivity index is 2.44. The van der Waals surface area contributed by atoms with Gasteiger partial charge in [-0.3, -0.25) is 0 Å². The topological polar surface area (TPSA) is 87.0 Å². The van der Waals surface area contributed by atoms with Crippen molar-refractivity contribution in [2.24, 2.45) is 0 Å². The second kappa shape index (κ2) is 4.50. The Morgan fingerprint density at radius 1 is 1.69 bits per heavy atom. The molecule has 0 aliphatic carbocycles. The molecule has 1 aliphatic rings. The van der Waals surface area contributed by atoms with Gasteiger partial charge >= 0.3 is 74.9 Å². The predicted molar refractivity (Wildman–Crippen MR) is 45.8 cm³/mol. The Morgan fingerprint density at radius 2 is 2.38 bits per heavy atom. The van der Waals surface area contributed by atoms with Crippen molar-refractivity contribution in [2.45, 2.75) is 24.6 Å². The van der Waals surface area contributed by atoms with Gasteiger partial charge in [0.25, 0.3) is 0 Å². The first-order valence-electron chi connectivity index (χ1n) is 3.99. The first kappa shape index (κ1) is 10.4. The molecular weight excluding hydrogens is 175 g/mol. The summed E-state index contributed by atoms with van der Waals surface area (Å²) in [6, 6.07) is -0.414. The molecule has 5 nitrogen and oxygen atoms in total. The molecule has 0 bridgehead atoms. The van der Waals surface area contributed by atoms with Crippen molar-refractivity contribution in [1.82, 2.24) is 0 Å². The standard InChI is InChI=1S/C7H11BO5/c9-3-5-4(10)1-6(13-5)8-2-7(11)12/h2,4-6,9-10H,1,3H2,(H,11,12). The monoisotopic (exact) mass is 186 g/mol.